The molecule has 1 aromatic rings. The van der Waals surface area contributed by atoms with Gasteiger partial charge in [-0.25, -0.2) is 0 Å². The lowest BCUT2D eigenvalue weighted by atomic mass is 10.2. The fourth-order valence-electron chi connectivity index (χ4n) is 0.892. The maximum absolute atomic E-state index is 9.09. The van der Waals surface area contributed by atoms with E-state index in [1.54, 1.807) is 6.92 Å². The summed E-state index contributed by atoms with van der Waals surface area (Å²) in [5, 5.41) is 17.8. The van der Waals surface area contributed by atoms with Gasteiger partial charge in [0, 0.05) is 11.3 Å². The number of rotatable bonds is 1. The van der Waals surface area contributed by atoms with Crippen LogP contribution in [0.2, 0.25) is 0 Å². The first kappa shape index (κ1) is 7.15. The van der Waals surface area contributed by atoms with Gasteiger partial charge >= 0.3 is 0 Å². The summed E-state index contributed by atoms with van der Waals surface area (Å²) in [6.45, 7) is 3.62. The molecule has 10 heavy (non-hydrogen) atoms. The summed E-state index contributed by atoms with van der Waals surface area (Å²) < 4.78 is 0. The number of H-pyrrole nitrogens is 1. The van der Waals surface area contributed by atoms with Gasteiger partial charge < -0.3 is 15.2 Å². The first-order valence-electron chi connectivity index (χ1n) is 3.14. The van der Waals surface area contributed by atoms with Crippen LogP contribution in [0.3, 0.4) is 0 Å². The molecule has 3 nitrogen and oxygen atoms in total. The minimum atomic E-state index is -0.0484. The lowest BCUT2D eigenvalue weighted by Crippen LogP contribution is -1.84. The van der Waals surface area contributed by atoms with E-state index in [4.69, 9.17) is 10.2 Å². The molecule has 0 atom stereocenters. The van der Waals surface area contributed by atoms with Gasteiger partial charge in [0.15, 0.2) is 5.88 Å². The van der Waals surface area contributed by atoms with Gasteiger partial charge in [-0.1, -0.05) is 0 Å². The number of hydrogen-bond acceptors (Lipinski definition) is 2. The minimum absolute atomic E-state index is 0.0484. The number of aliphatic hydroxyl groups is 1. The molecule has 3 heteroatoms. The van der Waals surface area contributed by atoms with Gasteiger partial charge in [-0.2, -0.15) is 0 Å². The molecule has 0 aliphatic heterocycles. The molecule has 0 saturated heterocycles. The summed E-state index contributed by atoms with van der Waals surface area (Å²) in [5.74, 6) is 0.154. The molecule has 0 amide bonds. The number of hydrogen-bond donors (Lipinski definition) is 3. The first-order chi connectivity index (χ1) is 4.66. The van der Waals surface area contributed by atoms with Crippen molar-refractivity contribution in [3.8, 4) is 5.88 Å². The molecule has 0 saturated carbocycles. The largest absolute Gasteiger partial charge is 0.494 e. The van der Waals surface area contributed by atoms with Crippen molar-refractivity contribution >= 4 is 0 Å². The third-order valence-electron chi connectivity index (χ3n) is 1.80. The topological polar surface area (TPSA) is 56.2 Å². The third kappa shape index (κ3) is 0.885. The van der Waals surface area contributed by atoms with Gasteiger partial charge in [-0.05, 0) is 19.4 Å². The van der Waals surface area contributed by atoms with Crippen LogP contribution in [0, 0.1) is 13.8 Å². The molecule has 0 unspecified atom stereocenters. The van der Waals surface area contributed by atoms with E-state index in [2.05, 4.69) is 4.98 Å². The summed E-state index contributed by atoms with van der Waals surface area (Å²) >= 11 is 0. The Hall–Kier alpha value is -0.960. The van der Waals surface area contributed by atoms with E-state index in [9.17, 15) is 0 Å². The van der Waals surface area contributed by atoms with Crippen molar-refractivity contribution in [3.05, 3.63) is 16.8 Å². The fourth-order valence-corrected chi connectivity index (χ4v) is 0.892. The Kier molecular flexibility index (Phi) is 1.68. The summed E-state index contributed by atoms with van der Waals surface area (Å²) in [4.78, 5) is 2.67. The number of aromatic nitrogens is 1. The Morgan fingerprint density at radius 3 is 2.10 bits per heavy atom. The van der Waals surface area contributed by atoms with Gasteiger partial charge in [-0.3, -0.25) is 0 Å². The Balaban J connectivity index is 3.17. The highest BCUT2D eigenvalue weighted by molar-refractivity contribution is 5.37. The van der Waals surface area contributed by atoms with Gasteiger partial charge in [0.2, 0.25) is 0 Å². The molecule has 0 bridgehead atoms. The first-order valence-corrected chi connectivity index (χ1v) is 3.14. The molecule has 0 fully saturated rings. The zero-order valence-electron chi connectivity index (χ0n) is 6.10. The van der Waals surface area contributed by atoms with E-state index in [1.807, 2.05) is 6.92 Å². The molecular weight excluding hydrogens is 130 g/mol. The summed E-state index contributed by atoms with van der Waals surface area (Å²) in [6, 6.07) is 0. The molecule has 0 aliphatic rings. The van der Waals surface area contributed by atoms with Crippen LogP contribution in [0.1, 0.15) is 16.8 Å². The van der Waals surface area contributed by atoms with Crippen LogP contribution in [0.5, 0.6) is 5.88 Å². The van der Waals surface area contributed by atoms with Crippen molar-refractivity contribution in [2.45, 2.75) is 20.5 Å². The molecular formula is C7H11NO2. The second-order valence-corrected chi connectivity index (χ2v) is 2.36. The molecule has 0 aliphatic carbocycles. The minimum Gasteiger partial charge on any atom is -0.494 e. The molecule has 0 spiro atoms. The monoisotopic (exact) mass is 141 g/mol. The number of aliphatic hydroxyl groups excluding tert-OH is 1. The summed E-state index contributed by atoms with van der Waals surface area (Å²) in [6.07, 6.45) is 0. The molecule has 1 aromatic heterocycles. The van der Waals surface area contributed by atoms with Crippen molar-refractivity contribution in [2.24, 2.45) is 0 Å². The Morgan fingerprint density at radius 2 is 1.90 bits per heavy atom. The fraction of sp³-hybridized carbons (Fsp3) is 0.429. The average Bonchev–Trinajstić information content (AvgIpc) is 2.17. The van der Waals surface area contributed by atoms with Crippen LogP contribution in [0.4, 0.5) is 0 Å². The van der Waals surface area contributed by atoms with Gasteiger partial charge in [-0.15, -0.1) is 0 Å². The third-order valence-corrected chi connectivity index (χ3v) is 1.80. The second-order valence-electron chi connectivity index (χ2n) is 2.36. The van der Waals surface area contributed by atoms with Crippen LogP contribution in [0.15, 0.2) is 0 Å². The van der Waals surface area contributed by atoms with Crippen molar-refractivity contribution < 1.29 is 10.2 Å². The van der Waals surface area contributed by atoms with Crippen LogP contribution >= 0.6 is 0 Å². The van der Waals surface area contributed by atoms with Crippen molar-refractivity contribution in [2.75, 3.05) is 0 Å². The highest BCUT2D eigenvalue weighted by Gasteiger charge is 2.07. The predicted octanol–water partition coefficient (Wildman–Crippen LogP) is 0.829. The Labute approximate surface area is 59.3 Å². The zero-order chi connectivity index (χ0) is 7.72. The van der Waals surface area contributed by atoms with Crippen molar-refractivity contribution in [1.29, 1.82) is 0 Å². The van der Waals surface area contributed by atoms with Crippen LogP contribution in [-0.2, 0) is 6.61 Å². The van der Waals surface area contributed by atoms with E-state index < -0.39 is 0 Å². The highest BCUT2D eigenvalue weighted by atomic mass is 16.3. The van der Waals surface area contributed by atoms with Crippen LogP contribution in [0.25, 0.3) is 0 Å². The van der Waals surface area contributed by atoms with E-state index in [1.165, 1.54) is 0 Å². The standard InChI is InChI=1S/C7H11NO2/c1-4-5(2)7(10)8-6(4)3-9/h8-10H,3H2,1-2H3. The second kappa shape index (κ2) is 2.34. The van der Waals surface area contributed by atoms with Gasteiger partial charge in [0.1, 0.15) is 0 Å². The summed E-state index contributed by atoms with van der Waals surface area (Å²) in [7, 11) is 0. The zero-order valence-corrected chi connectivity index (χ0v) is 6.10. The number of aromatic hydroxyl groups is 1. The maximum atomic E-state index is 9.09. The lowest BCUT2D eigenvalue weighted by Gasteiger charge is -1.90. The Morgan fingerprint density at radius 1 is 1.30 bits per heavy atom. The van der Waals surface area contributed by atoms with E-state index in [0.717, 1.165) is 11.1 Å². The van der Waals surface area contributed by atoms with Crippen LogP contribution in [-0.4, -0.2) is 15.2 Å². The number of aromatic amines is 1. The SMILES string of the molecule is Cc1c(O)[nH]c(CO)c1C. The predicted molar refractivity (Wildman–Crippen MR) is 37.9 cm³/mol. The smallest absolute Gasteiger partial charge is 0.191 e. The molecule has 0 aromatic carbocycles. The lowest BCUT2D eigenvalue weighted by molar-refractivity contribution is 0.275. The molecule has 56 valence electrons. The molecule has 0 radical (unpaired) electrons. The molecule has 1 heterocycles. The van der Waals surface area contributed by atoms with Gasteiger partial charge in [0.05, 0.1) is 6.61 Å². The van der Waals surface area contributed by atoms with E-state index >= 15 is 0 Å². The maximum Gasteiger partial charge on any atom is 0.191 e. The van der Waals surface area contributed by atoms with Crippen molar-refractivity contribution in [1.82, 2.24) is 4.98 Å². The van der Waals surface area contributed by atoms with E-state index in [-0.39, 0.29) is 12.5 Å². The summed E-state index contributed by atoms with van der Waals surface area (Å²) in [5.41, 5.74) is 2.43. The highest BCUT2D eigenvalue weighted by Crippen LogP contribution is 2.21. The van der Waals surface area contributed by atoms with Gasteiger partial charge in [0.25, 0.3) is 0 Å². The average molecular weight is 141 g/mol. The normalized spacial score (nSPS) is 10.3. The van der Waals surface area contributed by atoms with Crippen LogP contribution < -0.4 is 0 Å². The quantitative estimate of drug-likeness (QED) is 0.542. The molecule has 1 rings (SSSR count). The van der Waals surface area contributed by atoms with E-state index in [0.29, 0.717) is 5.69 Å². The Bertz CT molecular complexity index is 240. The molecule has 3 N–H and O–H groups in total. The van der Waals surface area contributed by atoms with Crippen molar-refractivity contribution in [3.63, 3.8) is 0 Å². The number of nitrogens with one attached hydrogen (secondary N) is 1.